The summed E-state index contributed by atoms with van der Waals surface area (Å²) in [6.45, 7) is 6.64. The third-order valence-electron chi connectivity index (χ3n) is 9.38. The van der Waals surface area contributed by atoms with Crippen molar-refractivity contribution in [3.05, 3.63) is 0 Å². The standard InChI is InChI=1S/C23H40O2/c1-15(24)20-6-4-5-7-21-19-9-8-16-14-22(2,25)12-10-17(16)18(19)11-13-23(20,21)3/h15-21,24-25H,4-14H2,1-3H3/t15?,16-,17+,18-,19-,20-,21+,22-,23-/m1/s1. The van der Waals surface area contributed by atoms with Crippen LogP contribution in [0.15, 0.2) is 0 Å². The fourth-order valence-electron chi connectivity index (χ4n) is 8.28. The van der Waals surface area contributed by atoms with E-state index < -0.39 is 5.60 Å². The van der Waals surface area contributed by atoms with Gasteiger partial charge in [0.15, 0.2) is 0 Å². The van der Waals surface area contributed by atoms with Gasteiger partial charge in [0, 0.05) is 0 Å². The molecule has 0 aromatic carbocycles. The molecule has 0 heterocycles. The highest BCUT2D eigenvalue weighted by Crippen LogP contribution is 2.63. The zero-order valence-corrected chi connectivity index (χ0v) is 16.7. The number of aliphatic hydroxyl groups excluding tert-OH is 1. The van der Waals surface area contributed by atoms with Crippen LogP contribution in [-0.2, 0) is 0 Å². The van der Waals surface area contributed by atoms with E-state index in [9.17, 15) is 10.2 Å². The molecule has 0 aliphatic heterocycles. The van der Waals surface area contributed by atoms with Crippen LogP contribution >= 0.6 is 0 Å². The predicted octanol–water partition coefficient (Wildman–Crippen LogP) is 5.17. The fraction of sp³-hybridized carbons (Fsp3) is 1.00. The first-order valence-corrected chi connectivity index (χ1v) is 11.2. The Morgan fingerprint density at radius 2 is 1.56 bits per heavy atom. The van der Waals surface area contributed by atoms with Gasteiger partial charge >= 0.3 is 0 Å². The second kappa shape index (κ2) is 6.51. The third kappa shape index (κ3) is 3.10. The van der Waals surface area contributed by atoms with Crippen molar-refractivity contribution >= 4 is 0 Å². The Balaban J connectivity index is 1.58. The highest BCUT2D eigenvalue weighted by molar-refractivity contribution is 5.05. The maximum absolute atomic E-state index is 10.5. The Hall–Kier alpha value is -0.0800. The second-order valence-electron chi connectivity index (χ2n) is 10.9. The maximum atomic E-state index is 10.5. The number of hydrogen-bond acceptors (Lipinski definition) is 2. The summed E-state index contributed by atoms with van der Waals surface area (Å²) < 4.78 is 0. The molecule has 4 rings (SSSR count). The summed E-state index contributed by atoms with van der Waals surface area (Å²) in [6.07, 6.45) is 13.9. The Morgan fingerprint density at radius 3 is 2.32 bits per heavy atom. The SMILES string of the molecule is CC(O)[C@H]1CCCC[C@H]2[C@@H]3CC[C@@H]4C[C@](C)(O)CC[C@@H]4[C@H]3CC[C@]12C. The van der Waals surface area contributed by atoms with Gasteiger partial charge in [-0.1, -0.05) is 19.8 Å². The minimum Gasteiger partial charge on any atom is -0.393 e. The van der Waals surface area contributed by atoms with E-state index in [1.165, 1.54) is 57.8 Å². The van der Waals surface area contributed by atoms with Crippen molar-refractivity contribution in [3.63, 3.8) is 0 Å². The smallest absolute Gasteiger partial charge is 0.0622 e. The molecule has 2 nitrogen and oxygen atoms in total. The lowest BCUT2D eigenvalue weighted by Crippen LogP contribution is -2.53. The van der Waals surface area contributed by atoms with Crippen molar-refractivity contribution in [2.24, 2.45) is 40.9 Å². The van der Waals surface area contributed by atoms with Gasteiger partial charge in [0.05, 0.1) is 11.7 Å². The van der Waals surface area contributed by atoms with Crippen LogP contribution in [0.1, 0.15) is 91.4 Å². The van der Waals surface area contributed by atoms with E-state index in [4.69, 9.17) is 0 Å². The molecule has 144 valence electrons. The van der Waals surface area contributed by atoms with Crippen LogP contribution in [0.25, 0.3) is 0 Å². The monoisotopic (exact) mass is 348 g/mol. The van der Waals surface area contributed by atoms with Crippen molar-refractivity contribution < 1.29 is 10.2 Å². The van der Waals surface area contributed by atoms with Crippen molar-refractivity contribution in [3.8, 4) is 0 Å². The second-order valence-corrected chi connectivity index (χ2v) is 10.9. The highest BCUT2D eigenvalue weighted by atomic mass is 16.3. The maximum Gasteiger partial charge on any atom is 0.0622 e. The van der Waals surface area contributed by atoms with E-state index in [1.54, 1.807) is 0 Å². The van der Waals surface area contributed by atoms with E-state index in [1.807, 2.05) is 6.92 Å². The lowest BCUT2D eigenvalue weighted by Gasteiger charge is -2.59. The van der Waals surface area contributed by atoms with E-state index in [-0.39, 0.29) is 6.10 Å². The minimum absolute atomic E-state index is 0.150. The molecule has 0 amide bonds. The van der Waals surface area contributed by atoms with Gasteiger partial charge in [-0.05, 0) is 113 Å². The summed E-state index contributed by atoms with van der Waals surface area (Å²) in [5.41, 5.74) is -0.0459. The largest absolute Gasteiger partial charge is 0.393 e. The molecule has 4 aliphatic rings. The van der Waals surface area contributed by atoms with Gasteiger partial charge in [-0.15, -0.1) is 0 Å². The molecular formula is C23H40O2. The zero-order valence-electron chi connectivity index (χ0n) is 16.7. The topological polar surface area (TPSA) is 40.5 Å². The first kappa shape index (κ1) is 18.3. The molecule has 0 spiro atoms. The van der Waals surface area contributed by atoms with Gasteiger partial charge in [0.1, 0.15) is 0 Å². The summed E-state index contributed by atoms with van der Waals surface area (Å²) >= 11 is 0. The summed E-state index contributed by atoms with van der Waals surface area (Å²) in [5.74, 6) is 4.77. The summed E-state index contributed by atoms with van der Waals surface area (Å²) in [4.78, 5) is 0. The van der Waals surface area contributed by atoms with Crippen molar-refractivity contribution in [2.75, 3.05) is 0 Å². The van der Waals surface area contributed by atoms with Gasteiger partial charge < -0.3 is 10.2 Å². The summed E-state index contributed by atoms with van der Waals surface area (Å²) in [5, 5.41) is 21.1. The number of hydrogen-bond donors (Lipinski definition) is 2. The molecular weight excluding hydrogens is 308 g/mol. The average molecular weight is 349 g/mol. The van der Waals surface area contributed by atoms with Gasteiger partial charge in [0.2, 0.25) is 0 Å². The first-order chi connectivity index (χ1) is 11.8. The van der Waals surface area contributed by atoms with Crippen LogP contribution in [0.3, 0.4) is 0 Å². The van der Waals surface area contributed by atoms with Crippen LogP contribution in [-0.4, -0.2) is 21.9 Å². The van der Waals surface area contributed by atoms with Gasteiger partial charge in [-0.2, -0.15) is 0 Å². The molecule has 0 radical (unpaired) electrons. The van der Waals surface area contributed by atoms with Crippen LogP contribution in [0.2, 0.25) is 0 Å². The Bertz CT molecular complexity index is 484. The number of rotatable bonds is 1. The molecule has 0 aromatic heterocycles. The van der Waals surface area contributed by atoms with Crippen molar-refractivity contribution in [2.45, 2.75) is 103 Å². The average Bonchev–Trinajstić information content (AvgIpc) is 2.72. The Labute approximate surface area is 154 Å². The molecule has 0 saturated heterocycles. The first-order valence-electron chi connectivity index (χ1n) is 11.2. The van der Waals surface area contributed by atoms with Crippen LogP contribution in [0, 0.1) is 40.9 Å². The molecule has 4 aliphatic carbocycles. The van der Waals surface area contributed by atoms with Gasteiger partial charge in [-0.25, -0.2) is 0 Å². The summed E-state index contributed by atoms with van der Waals surface area (Å²) in [7, 11) is 0. The van der Waals surface area contributed by atoms with E-state index in [0.29, 0.717) is 11.3 Å². The number of fused-ring (bicyclic) bond motifs is 5. The number of aliphatic hydroxyl groups is 2. The normalized spacial score (nSPS) is 54.6. The fourth-order valence-corrected chi connectivity index (χ4v) is 8.28. The molecule has 2 heteroatoms. The van der Waals surface area contributed by atoms with Crippen molar-refractivity contribution in [1.29, 1.82) is 0 Å². The molecule has 0 aromatic rings. The Kier molecular flexibility index (Phi) is 4.77. The molecule has 9 atom stereocenters. The molecule has 4 saturated carbocycles. The third-order valence-corrected chi connectivity index (χ3v) is 9.38. The molecule has 1 unspecified atom stereocenters. The lowest BCUT2D eigenvalue weighted by molar-refractivity contribution is -0.124. The van der Waals surface area contributed by atoms with Crippen LogP contribution < -0.4 is 0 Å². The lowest BCUT2D eigenvalue weighted by atomic mass is 9.46. The van der Waals surface area contributed by atoms with E-state index in [2.05, 4.69) is 13.8 Å². The van der Waals surface area contributed by atoms with Crippen LogP contribution in [0.5, 0.6) is 0 Å². The summed E-state index contributed by atoms with van der Waals surface area (Å²) in [6, 6.07) is 0. The zero-order chi connectivity index (χ0) is 17.8. The quantitative estimate of drug-likeness (QED) is 0.686. The molecule has 25 heavy (non-hydrogen) atoms. The van der Waals surface area contributed by atoms with E-state index in [0.717, 1.165) is 42.4 Å². The molecule has 4 fully saturated rings. The predicted molar refractivity (Wildman–Crippen MR) is 102 cm³/mol. The minimum atomic E-state index is -0.406. The highest BCUT2D eigenvalue weighted by Gasteiger charge is 2.55. The van der Waals surface area contributed by atoms with Gasteiger partial charge in [0.25, 0.3) is 0 Å². The van der Waals surface area contributed by atoms with E-state index >= 15 is 0 Å². The van der Waals surface area contributed by atoms with Crippen molar-refractivity contribution in [1.82, 2.24) is 0 Å². The Morgan fingerprint density at radius 1 is 0.840 bits per heavy atom. The molecule has 2 N–H and O–H groups in total. The van der Waals surface area contributed by atoms with Crippen LogP contribution in [0.4, 0.5) is 0 Å². The van der Waals surface area contributed by atoms with Gasteiger partial charge in [-0.3, -0.25) is 0 Å². The molecule has 0 bridgehead atoms.